The number of sulfone groups is 1. The van der Waals surface area contributed by atoms with Crippen LogP contribution in [0.2, 0.25) is 5.02 Å². The smallest absolute Gasteiger partial charge is 0.253 e. The van der Waals surface area contributed by atoms with Crippen LogP contribution in [0.3, 0.4) is 0 Å². The van der Waals surface area contributed by atoms with Crippen molar-refractivity contribution in [1.82, 2.24) is 10.3 Å². The molecule has 1 aromatic heterocycles. The lowest BCUT2D eigenvalue weighted by molar-refractivity contribution is 0.0941. The number of carbonyl (C=O) groups excluding carboxylic acids is 1. The molecule has 0 aliphatic carbocycles. The maximum atomic E-state index is 12.0. The zero-order valence-corrected chi connectivity index (χ0v) is 12.6. The van der Waals surface area contributed by atoms with Crippen molar-refractivity contribution in [3.8, 4) is 0 Å². The third kappa shape index (κ3) is 3.61. The van der Waals surface area contributed by atoms with Crippen LogP contribution in [0.25, 0.3) is 0 Å². The molecule has 2 rings (SSSR count). The summed E-state index contributed by atoms with van der Waals surface area (Å²) in [5.74, 6) is 0.282. The Morgan fingerprint density at radius 3 is 2.85 bits per heavy atom. The number of carbonyl (C=O) groups is 1. The summed E-state index contributed by atoms with van der Waals surface area (Å²) in [6.45, 7) is 2.59. The lowest BCUT2D eigenvalue weighted by atomic mass is 10.2. The number of aromatic nitrogens is 1. The molecule has 1 aromatic rings. The van der Waals surface area contributed by atoms with Crippen LogP contribution in [-0.2, 0) is 9.84 Å². The molecular weight excluding hydrogens is 302 g/mol. The van der Waals surface area contributed by atoms with Crippen LogP contribution in [0.1, 0.15) is 23.7 Å². The molecule has 0 saturated carbocycles. The third-order valence-electron chi connectivity index (χ3n) is 3.02. The molecule has 110 valence electrons. The van der Waals surface area contributed by atoms with Gasteiger partial charge in [-0.05, 0) is 19.4 Å². The second kappa shape index (κ2) is 5.97. The second-order valence-corrected chi connectivity index (χ2v) is 7.29. The minimum atomic E-state index is -3.01. The molecule has 0 bridgehead atoms. The van der Waals surface area contributed by atoms with E-state index in [4.69, 9.17) is 11.6 Å². The normalized spacial score (nSPS) is 20.6. The molecule has 1 fully saturated rings. The molecule has 0 spiro atoms. The Morgan fingerprint density at radius 2 is 2.30 bits per heavy atom. The number of hydrogen-bond donors (Lipinski definition) is 2. The van der Waals surface area contributed by atoms with E-state index in [1.807, 2.05) is 6.92 Å². The summed E-state index contributed by atoms with van der Waals surface area (Å²) in [6.07, 6.45) is 1.87. The fourth-order valence-electron chi connectivity index (χ4n) is 2.04. The van der Waals surface area contributed by atoms with Gasteiger partial charge in [0, 0.05) is 18.8 Å². The Balaban J connectivity index is 2.04. The summed E-state index contributed by atoms with van der Waals surface area (Å²) < 4.78 is 22.7. The van der Waals surface area contributed by atoms with Crippen LogP contribution in [0.15, 0.2) is 12.3 Å². The van der Waals surface area contributed by atoms with E-state index in [1.54, 1.807) is 0 Å². The highest BCUT2D eigenvalue weighted by Crippen LogP contribution is 2.20. The average molecular weight is 318 g/mol. The van der Waals surface area contributed by atoms with Crippen molar-refractivity contribution in [2.75, 3.05) is 23.4 Å². The number of pyridine rings is 1. The van der Waals surface area contributed by atoms with E-state index in [2.05, 4.69) is 15.6 Å². The van der Waals surface area contributed by atoms with Gasteiger partial charge in [-0.15, -0.1) is 0 Å². The molecule has 2 N–H and O–H groups in total. The number of halogens is 1. The van der Waals surface area contributed by atoms with E-state index in [-0.39, 0.29) is 23.5 Å². The van der Waals surface area contributed by atoms with Crippen LogP contribution in [0.4, 0.5) is 5.82 Å². The summed E-state index contributed by atoms with van der Waals surface area (Å²) in [4.78, 5) is 16.1. The molecule has 1 aliphatic heterocycles. The molecule has 20 heavy (non-hydrogen) atoms. The quantitative estimate of drug-likeness (QED) is 0.867. The number of nitrogens with one attached hydrogen (secondary N) is 2. The molecule has 8 heteroatoms. The Kier molecular flexibility index (Phi) is 4.49. The van der Waals surface area contributed by atoms with Crippen molar-refractivity contribution in [2.45, 2.75) is 19.4 Å². The van der Waals surface area contributed by atoms with Gasteiger partial charge in [-0.2, -0.15) is 0 Å². The van der Waals surface area contributed by atoms with Gasteiger partial charge in [0.25, 0.3) is 5.91 Å². The number of anilines is 1. The van der Waals surface area contributed by atoms with Gasteiger partial charge in [0.1, 0.15) is 5.82 Å². The lowest BCUT2D eigenvalue weighted by Crippen LogP contribution is -2.35. The first kappa shape index (κ1) is 15.1. The van der Waals surface area contributed by atoms with Crippen LogP contribution in [-0.4, -0.2) is 43.4 Å². The summed E-state index contributed by atoms with van der Waals surface area (Å²) in [6, 6.07) is 1.19. The first-order valence-corrected chi connectivity index (χ1v) is 8.52. The average Bonchev–Trinajstić information content (AvgIpc) is 2.71. The van der Waals surface area contributed by atoms with Gasteiger partial charge in [-0.25, -0.2) is 13.4 Å². The van der Waals surface area contributed by atoms with Crippen molar-refractivity contribution >= 4 is 33.2 Å². The van der Waals surface area contributed by atoms with Gasteiger partial charge in [0.05, 0.1) is 22.1 Å². The van der Waals surface area contributed by atoms with Crippen molar-refractivity contribution < 1.29 is 13.2 Å². The van der Waals surface area contributed by atoms with Crippen LogP contribution in [0, 0.1) is 0 Å². The number of amides is 1. The zero-order chi connectivity index (χ0) is 14.8. The van der Waals surface area contributed by atoms with Crippen LogP contribution in [0.5, 0.6) is 0 Å². The van der Waals surface area contributed by atoms with E-state index in [9.17, 15) is 13.2 Å². The minimum absolute atomic E-state index is 0.00459. The number of hydrogen-bond acceptors (Lipinski definition) is 5. The van der Waals surface area contributed by atoms with Crippen molar-refractivity contribution in [2.24, 2.45) is 0 Å². The molecule has 0 radical (unpaired) electrons. The van der Waals surface area contributed by atoms with Gasteiger partial charge < -0.3 is 10.6 Å². The summed E-state index contributed by atoms with van der Waals surface area (Å²) >= 11 is 6.01. The standard InChI is InChI=1S/C12H16ClN3O3S/c1-2-14-11-10(13)5-8(6-15-11)12(17)16-9-3-4-20(18,19)7-9/h5-6,9H,2-4,7H2,1H3,(H,14,15)(H,16,17). The maximum Gasteiger partial charge on any atom is 0.253 e. The number of rotatable bonds is 4. The van der Waals surface area contributed by atoms with Gasteiger partial charge in [-0.1, -0.05) is 11.6 Å². The molecule has 1 atom stereocenters. The van der Waals surface area contributed by atoms with Crippen LogP contribution >= 0.6 is 11.6 Å². The van der Waals surface area contributed by atoms with E-state index >= 15 is 0 Å². The lowest BCUT2D eigenvalue weighted by Gasteiger charge is -2.11. The molecule has 1 amide bonds. The zero-order valence-electron chi connectivity index (χ0n) is 11.0. The number of nitrogens with zero attached hydrogens (tertiary/aromatic N) is 1. The van der Waals surface area contributed by atoms with E-state index in [1.165, 1.54) is 12.3 Å². The summed E-state index contributed by atoms with van der Waals surface area (Å²) in [5.41, 5.74) is 0.320. The highest BCUT2D eigenvalue weighted by Gasteiger charge is 2.29. The van der Waals surface area contributed by atoms with Gasteiger partial charge in [0.2, 0.25) is 0 Å². The third-order valence-corrected chi connectivity index (χ3v) is 5.07. The predicted molar refractivity (Wildman–Crippen MR) is 77.9 cm³/mol. The predicted octanol–water partition coefficient (Wildman–Crippen LogP) is 1.08. The second-order valence-electron chi connectivity index (χ2n) is 4.66. The fourth-order valence-corrected chi connectivity index (χ4v) is 3.94. The maximum absolute atomic E-state index is 12.0. The van der Waals surface area contributed by atoms with Crippen molar-refractivity contribution in [3.05, 3.63) is 22.8 Å². The topological polar surface area (TPSA) is 88.2 Å². The molecule has 1 aliphatic rings. The molecule has 0 aromatic carbocycles. The highest BCUT2D eigenvalue weighted by molar-refractivity contribution is 7.91. The molecule has 1 unspecified atom stereocenters. The summed E-state index contributed by atoms with van der Waals surface area (Å²) in [7, 11) is -3.01. The van der Waals surface area contributed by atoms with Gasteiger partial charge in [0.15, 0.2) is 9.84 Å². The Bertz CT molecular complexity index is 618. The van der Waals surface area contributed by atoms with Gasteiger partial charge in [-0.3, -0.25) is 4.79 Å². The first-order chi connectivity index (χ1) is 9.41. The molecule has 1 saturated heterocycles. The van der Waals surface area contributed by atoms with E-state index in [0.29, 0.717) is 29.4 Å². The molecular formula is C12H16ClN3O3S. The Labute approximate surface area is 122 Å². The largest absolute Gasteiger partial charge is 0.369 e. The van der Waals surface area contributed by atoms with E-state index in [0.717, 1.165) is 0 Å². The SMILES string of the molecule is CCNc1ncc(C(=O)NC2CCS(=O)(=O)C2)cc1Cl. The van der Waals surface area contributed by atoms with Gasteiger partial charge >= 0.3 is 0 Å². The minimum Gasteiger partial charge on any atom is -0.369 e. The molecule has 6 nitrogen and oxygen atoms in total. The highest BCUT2D eigenvalue weighted by atomic mass is 35.5. The van der Waals surface area contributed by atoms with Crippen LogP contribution < -0.4 is 10.6 Å². The van der Waals surface area contributed by atoms with Crippen molar-refractivity contribution in [3.63, 3.8) is 0 Å². The van der Waals surface area contributed by atoms with Crippen molar-refractivity contribution in [1.29, 1.82) is 0 Å². The molecule has 2 heterocycles. The Morgan fingerprint density at radius 1 is 1.55 bits per heavy atom. The first-order valence-electron chi connectivity index (χ1n) is 6.32. The Hall–Kier alpha value is -1.34. The fraction of sp³-hybridized carbons (Fsp3) is 0.500. The monoisotopic (exact) mass is 317 g/mol. The van der Waals surface area contributed by atoms with E-state index < -0.39 is 9.84 Å². The summed E-state index contributed by atoms with van der Waals surface area (Å²) in [5, 5.41) is 6.02.